The second kappa shape index (κ2) is 8.72. The van der Waals surface area contributed by atoms with Gasteiger partial charge in [0.2, 0.25) is 11.6 Å². The molecule has 2 aromatic rings. The van der Waals surface area contributed by atoms with Crippen LogP contribution in [0.5, 0.6) is 17.2 Å². The molecule has 2 aliphatic heterocycles. The first-order valence-electron chi connectivity index (χ1n) is 10.4. The molecule has 0 amide bonds. The fourth-order valence-electron chi connectivity index (χ4n) is 4.12. The number of rotatable bonds is 6. The molecule has 1 fully saturated rings. The van der Waals surface area contributed by atoms with Gasteiger partial charge in [0.05, 0.1) is 19.3 Å². The average molecular weight is 418 g/mol. The summed E-state index contributed by atoms with van der Waals surface area (Å²) in [5.74, 6) is -2.86. The molecular weight excluding hydrogens is 393 g/mol. The van der Waals surface area contributed by atoms with Gasteiger partial charge >= 0.3 is 0 Å². The van der Waals surface area contributed by atoms with Crippen molar-refractivity contribution in [3.8, 4) is 17.2 Å². The molecule has 3 nitrogen and oxygen atoms in total. The number of benzene rings is 2. The van der Waals surface area contributed by atoms with Crippen LogP contribution in [0.2, 0.25) is 0 Å². The van der Waals surface area contributed by atoms with Crippen LogP contribution in [0.4, 0.5) is 13.2 Å². The molecule has 2 aliphatic rings. The second-order valence-corrected chi connectivity index (χ2v) is 7.82. The molecule has 0 radical (unpaired) electrons. The normalized spacial score (nSPS) is 20.1. The number of hydrogen-bond acceptors (Lipinski definition) is 3. The summed E-state index contributed by atoms with van der Waals surface area (Å²) in [6, 6.07) is 4.97. The standard InChI is InChI=1S/C24H25F3O3/c1-3-18-10-6-14(13-29-18)5-7-15-8-9-16-11-17-12-19(28-4-2)21(26)22(27)24(17)30-23(16)20(15)25/h3,8-9,12,14,18H,1,4-7,10-11,13H2,2H3. The summed E-state index contributed by atoms with van der Waals surface area (Å²) in [6.45, 7) is 6.29. The minimum atomic E-state index is -1.15. The first-order valence-corrected chi connectivity index (χ1v) is 10.4. The Kier molecular flexibility index (Phi) is 6.04. The van der Waals surface area contributed by atoms with Gasteiger partial charge in [-0.2, -0.15) is 8.78 Å². The largest absolute Gasteiger partial charge is 0.491 e. The molecule has 2 atom stereocenters. The lowest BCUT2D eigenvalue weighted by Gasteiger charge is -2.27. The van der Waals surface area contributed by atoms with E-state index in [0.29, 0.717) is 35.6 Å². The third kappa shape index (κ3) is 3.93. The summed E-state index contributed by atoms with van der Waals surface area (Å²) in [6.07, 6.45) is 5.43. The topological polar surface area (TPSA) is 27.7 Å². The van der Waals surface area contributed by atoms with Crippen LogP contribution in [0.1, 0.15) is 42.9 Å². The van der Waals surface area contributed by atoms with E-state index >= 15 is 4.39 Å². The smallest absolute Gasteiger partial charge is 0.205 e. The average Bonchev–Trinajstić information content (AvgIpc) is 2.76. The number of ether oxygens (including phenoxy) is 3. The zero-order valence-electron chi connectivity index (χ0n) is 17.0. The highest BCUT2D eigenvalue weighted by Crippen LogP contribution is 2.43. The van der Waals surface area contributed by atoms with Crippen LogP contribution >= 0.6 is 0 Å². The van der Waals surface area contributed by atoms with Crippen molar-refractivity contribution in [3.63, 3.8) is 0 Å². The molecule has 0 saturated carbocycles. The van der Waals surface area contributed by atoms with Gasteiger partial charge in [-0.05, 0) is 50.2 Å². The van der Waals surface area contributed by atoms with Crippen molar-refractivity contribution in [2.24, 2.45) is 5.92 Å². The lowest BCUT2D eigenvalue weighted by molar-refractivity contribution is 0.00880. The minimum Gasteiger partial charge on any atom is -0.491 e. The quantitative estimate of drug-likeness (QED) is 0.452. The van der Waals surface area contributed by atoms with Crippen molar-refractivity contribution in [1.29, 1.82) is 0 Å². The molecule has 1 saturated heterocycles. The van der Waals surface area contributed by atoms with Gasteiger partial charge in [-0.25, -0.2) is 4.39 Å². The summed E-state index contributed by atoms with van der Waals surface area (Å²) in [7, 11) is 0. The minimum absolute atomic E-state index is 0.0194. The molecule has 0 aliphatic carbocycles. The molecule has 2 aromatic carbocycles. The number of halogens is 3. The molecule has 30 heavy (non-hydrogen) atoms. The molecular formula is C24H25F3O3. The maximum atomic E-state index is 15.1. The first-order chi connectivity index (χ1) is 14.5. The van der Waals surface area contributed by atoms with Crippen LogP contribution in [0.3, 0.4) is 0 Å². The highest BCUT2D eigenvalue weighted by molar-refractivity contribution is 5.54. The Bertz CT molecular complexity index is 949. The SMILES string of the molecule is C=CC1CCC(CCc2ccc3c(c2F)Oc2c(cc(OCC)c(F)c2F)C3)CO1. The number of aryl methyl sites for hydroxylation is 1. The maximum Gasteiger partial charge on any atom is 0.205 e. The third-order valence-electron chi connectivity index (χ3n) is 5.84. The molecule has 0 N–H and O–H groups in total. The van der Waals surface area contributed by atoms with Crippen molar-refractivity contribution in [2.75, 3.05) is 13.2 Å². The second-order valence-electron chi connectivity index (χ2n) is 7.82. The fraction of sp³-hybridized carbons (Fsp3) is 0.417. The van der Waals surface area contributed by atoms with Gasteiger partial charge in [0.25, 0.3) is 0 Å². The van der Waals surface area contributed by atoms with Crippen molar-refractivity contribution < 1.29 is 27.4 Å². The Morgan fingerprint density at radius 3 is 2.60 bits per heavy atom. The van der Waals surface area contributed by atoms with E-state index in [1.807, 2.05) is 6.08 Å². The van der Waals surface area contributed by atoms with Crippen molar-refractivity contribution >= 4 is 0 Å². The van der Waals surface area contributed by atoms with E-state index in [4.69, 9.17) is 14.2 Å². The molecule has 2 heterocycles. The molecule has 6 heteroatoms. The highest BCUT2D eigenvalue weighted by Gasteiger charge is 2.29. The van der Waals surface area contributed by atoms with Gasteiger partial charge in [0, 0.05) is 17.5 Å². The van der Waals surface area contributed by atoms with E-state index in [2.05, 4.69) is 6.58 Å². The zero-order valence-corrected chi connectivity index (χ0v) is 17.0. The monoisotopic (exact) mass is 418 g/mol. The first kappa shape index (κ1) is 20.8. The summed E-state index contributed by atoms with van der Waals surface area (Å²) in [5, 5.41) is 0. The predicted molar refractivity (Wildman–Crippen MR) is 108 cm³/mol. The summed E-state index contributed by atoms with van der Waals surface area (Å²) in [5.41, 5.74) is 1.55. The van der Waals surface area contributed by atoms with Crippen molar-refractivity contribution in [3.05, 3.63) is 65.0 Å². The molecule has 0 bridgehead atoms. The maximum absolute atomic E-state index is 15.1. The lowest BCUT2D eigenvalue weighted by Crippen LogP contribution is -2.24. The Hall–Kier alpha value is -2.47. The van der Waals surface area contributed by atoms with Crippen molar-refractivity contribution in [2.45, 2.75) is 45.1 Å². The number of fused-ring (bicyclic) bond motifs is 2. The van der Waals surface area contributed by atoms with Gasteiger partial charge < -0.3 is 14.2 Å². The van der Waals surface area contributed by atoms with Crippen LogP contribution in [-0.4, -0.2) is 19.3 Å². The zero-order chi connectivity index (χ0) is 21.3. The molecule has 160 valence electrons. The Morgan fingerprint density at radius 2 is 1.90 bits per heavy atom. The van der Waals surface area contributed by atoms with Gasteiger partial charge in [-0.15, -0.1) is 6.58 Å². The molecule has 0 spiro atoms. The van der Waals surface area contributed by atoms with Gasteiger partial charge in [-0.1, -0.05) is 18.2 Å². The van der Waals surface area contributed by atoms with E-state index < -0.39 is 17.5 Å². The Balaban J connectivity index is 1.52. The summed E-state index contributed by atoms with van der Waals surface area (Å²) >= 11 is 0. The van der Waals surface area contributed by atoms with Gasteiger partial charge in [0.1, 0.15) is 0 Å². The predicted octanol–water partition coefficient (Wildman–Crippen LogP) is 6.11. The Morgan fingerprint density at radius 1 is 1.10 bits per heavy atom. The van der Waals surface area contributed by atoms with Gasteiger partial charge in [-0.3, -0.25) is 0 Å². The van der Waals surface area contributed by atoms with Crippen LogP contribution in [-0.2, 0) is 17.6 Å². The molecule has 2 unspecified atom stereocenters. The van der Waals surface area contributed by atoms with Crippen LogP contribution in [0, 0.1) is 23.4 Å². The third-order valence-corrected chi connectivity index (χ3v) is 5.84. The summed E-state index contributed by atoms with van der Waals surface area (Å²) < 4.78 is 60.3. The van der Waals surface area contributed by atoms with E-state index in [-0.39, 0.29) is 36.4 Å². The van der Waals surface area contributed by atoms with E-state index in [9.17, 15) is 8.78 Å². The Labute approximate surface area is 174 Å². The van der Waals surface area contributed by atoms with E-state index in [1.165, 1.54) is 6.07 Å². The molecule has 4 rings (SSSR count). The van der Waals surface area contributed by atoms with Crippen molar-refractivity contribution in [1.82, 2.24) is 0 Å². The van der Waals surface area contributed by atoms with Gasteiger partial charge in [0.15, 0.2) is 23.1 Å². The van der Waals surface area contributed by atoms with E-state index in [1.54, 1.807) is 19.1 Å². The lowest BCUT2D eigenvalue weighted by atomic mass is 9.91. The van der Waals surface area contributed by atoms with Crippen LogP contribution in [0.15, 0.2) is 30.9 Å². The molecule has 0 aromatic heterocycles. The highest BCUT2D eigenvalue weighted by atomic mass is 19.2. The van der Waals surface area contributed by atoms with Crippen LogP contribution in [0.25, 0.3) is 0 Å². The van der Waals surface area contributed by atoms with E-state index in [0.717, 1.165) is 19.3 Å². The fourth-order valence-corrected chi connectivity index (χ4v) is 4.12. The number of hydrogen-bond donors (Lipinski definition) is 0. The summed E-state index contributed by atoms with van der Waals surface area (Å²) in [4.78, 5) is 0. The van der Waals surface area contributed by atoms with Crippen LogP contribution < -0.4 is 9.47 Å².